The zero-order chi connectivity index (χ0) is 21.5. The molecule has 0 atom stereocenters. The van der Waals surface area contributed by atoms with E-state index in [-0.39, 0.29) is 12.2 Å². The summed E-state index contributed by atoms with van der Waals surface area (Å²) in [7, 11) is 1.74. The molecule has 2 aromatic rings. The normalized spacial score (nSPS) is 20.3. The van der Waals surface area contributed by atoms with Crippen LogP contribution in [0.1, 0.15) is 29.7 Å². The van der Waals surface area contributed by atoms with Gasteiger partial charge in [-0.3, -0.25) is 0 Å². The van der Waals surface area contributed by atoms with Crippen molar-refractivity contribution < 1.29 is 27.9 Å². The first-order chi connectivity index (χ1) is 14.3. The number of nitrogens with zero attached hydrogens (tertiary/aromatic N) is 1. The molecule has 1 aromatic heterocycles. The average molecular weight is 411 g/mol. The van der Waals surface area contributed by atoms with Crippen LogP contribution in [0.3, 0.4) is 0 Å². The highest BCUT2D eigenvalue weighted by Crippen LogP contribution is 2.37. The first-order valence-corrected chi connectivity index (χ1v) is 9.67. The van der Waals surface area contributed by atoms with Gasteiger partial charge in [-0.15, -0.1) is 0 Å². The number of aryl methyl sites for hydroxylation is 2. The molecule has 2 aliphatic heterocycles. The Balaban J connectivity index is 1.72. The lowest BCUT2D eigenvalue weighted by Gasteiger charge is -2.42. The summed E-state index contributed by atoms with van der Waals surface area (Å²) >= 11 is 0. The molecule has 3 heterocycles. The van der Waals surface area contributed by atoms with Gasteiger partial charge in [0.25, 0.3) is 0 Å². The van der Waals surface area contributed by atoms with E-state index in [9.17, 15) is 14.0 Å². The van der Waals surface area contributed by atoms with Gasteiger partial charge in [-0.2, -0.15) is 0 Å². The van der Waals surface area contributed by atoms with Gasteiger partial charge in [-0.1, -0.05) is 17.7 Å². The third kappa shape index (κ3) is 3.80. The second-order valence-corrected chi connectivity index (χ2v) is 7.62. The number of hydrogen-bond donors (Lipinski definition) is 0. The summed E-state index contributed by atoms with van der Waals surface area (Å²) in [5.74, 6) is -1.79. The molecule has 1 spiro atoms. The van der Waals surface area contributed by atoms with Crippen LogP contribution in [0.4, 0.5) is 4.39 Å². The van der Waals surface area contributed by atoms with Crippen LogP contribution >= 0.6 is 0 Å². The molecule has 0 radical (unpaired) electrons. The minimum atomic E-state index is -1.50. The van der Waals surface area contributed by atoms with Crippen molar-refractivity contribution in [3.63, 3.8) is 0 Å². The van der Waals surface area contributed by atoms with Crippen molar-refractivity contribution in [1.82, 2.24) is 4.90 Å². The fraction of sp³-hybridized carbons (Fsp3) is 0.304. The van der Waals surface area contributed by atoms with E-state index in [2.05, 4.69) is 0 Å². The van der Waals surface area contributed by atoms with Crippen LogP contribution in [-0.4, -0.2) is 36.3 Å². The molecule has 0 aliphatic carbocycles. The summed E-state index contributed by atoms with van der Waals surface area (Å²) in [5, 5.41) is 0. The molecule has 0 saturated carbocycles. The standard InChI is InChI=1S/C23H22FNO5/c1-14-10-20(28-15(14)2)19-12-18(24)5-4-17(19)11-16-8-9-25(3)23(13-16)29-21(26)6-7-22(27)30-23/h4-7,10-12H,8-9,13H2,1-3H3/b16-11+. The molecule has 0 N–H and O–H groups in total. The summed E-state index contributed by atoms with van der Waals surface area (Å²) in [5.41, 5.74) is 3.28. The van der Waals surface area contributed by atoms with Gasteiger partial charge in [0.15, 0.2) is 0 Å². The van der Waals surface area contributed by atoms with Gasteiger partial charge in [-0.05, 0) is 56.6 Å². The van der Waals surface area contributed by atoms with E-state index < -0.39 is 17.8 Å². The largest absolute Gasteiger partial charge is 0.461 e. The smallest absolute Gasteiger partial charge is 0.335 e. The van der Waals surface area contributed by atoms with Crippen LogP contribution in [0.25, 0.3) is 17.4 Å². The molecule has 1 aromatic carbocycles. The molecule has 6 nitrogen and oxygen atoms in total. The molecule has 30 heavy (non-hydrogen) atoms. The molecule has 2 aliphatic rings. The van der Waals surface area contributed by atoms with Crippen LogP contribution in [0.2, 0.25) is 0 Å². The number of ether oxygens (including phenoxy) is 2. The third-order valence-electron chi connectivity index (χ3n) is 5.48. The monoisotopic (exact) mass is 411 g/mol. The van der Waals surface area contributed by atoms with Gasteiger partial charge in [0.1, 0.15) is 17.3 Å². The first-order valence-electron chi connectivity index (χ1n) is 9.67. The molecule has 7 heteroatoms. The number of likely N-dealkylation sites (tertiary alicyclic amines) is 1. The number of carbonyl (C=O) groups is 2. The molecule has 156 valence electrons. The first kappa shape index (κ1) is 20.1. The van der Waals surface area contributed by atoms with Crippen molar-refractivity contribution in [3.05, 3.63) is 64.7 Å². The van der Waals surface area contributed by atoms with E-state index in [1.807, 2.05) is 26.0 Å². The second-order valence-electron chi connectivity index (χ2n) is 7.62. The Morgan fingerprint density at radius 1 is 1.10 bits per heavy atom. The number of carbonyl (C=O) groups excluding carboxylic acids is 2. The van der Waals surface area contributed by atoms with Crippen molar-refractivity contribution in [2.24, 2.45) is 0 Å². The highest BCUT2D eigenvalue weighted by Gasteiger charge is 2.46. The van der Waals surface area contributed by atoms with E-state index in [1.54, 1.807) is 18.0 Å². The number of rotatable bonds is 2. The van der Waals surface area contributed by atoms with Crippen LogP contribution in [-0.2, 0) is 19.1 Å². The second kappa shape index (κ2) is 7.57. The number of hydrogen-bond acceptors (Lipinski definition) is 6. The number of halogens is 1. The minimum absolute atomic E-state index is 0.190. The van der Waals surface area contributed by atoms with Gasteiger partial charge in [0, 0.05) is 24.3 Å². The highest BCUT2D eigenvalue weighted by atomic mass is 19.1. The quantitative estimate of drug-likeness (QED) is 0.693. The molecule has 0 bridgehead atoms. The van der Waals surface area contributed by atoms with Gasteiger partial charge in [-0.25, -0.2) is 18.9 Å². The summed E-state index contributed by atoms with van der Waals surface area (Å²) in [6.45, 7) is 4.31. The van der Waals surface area contributed by atoms with E-state index in [4.69, 9.17) is 13.9 Å². The van der Waals surface area contributed by atoms with E-state index in [0.717, 1.165) is 34.6 Å². The molecular weight excluding hydrogens is 389 g/mol. The van der Waals surface area contributed by atoms with Crippen LogP contribution in [0.5, 0.6) is 0 Å². The van der Waals surface area contributed by atoms with E-state index >= 15 is 0 Å². The summed E-state index contributed by atoms with van der Waals surface area (Å²) in [6.07, 6.45) is 4.89. The topological polar surface area (TPSA) is 69.0 Å². The van der Waals surface area contributed by atoms with E-state index in [0.29, 0.717) is 24.3 Å². The highest BCUT2D eigenvalue weighted by molar-refractivity contribution is 5.93. The van der Waals surface area contributed by atoms with Gasteiger partial charge < -0.3 is 13.9 Å². The Bertz CT molecular complexity index is 1040. The fourth-order valence-electron chi connectivity index (χ4n) is 3.68. The SMILES string of the molecule is Cc1cc(-c2cc(F)ccc2/C=C2\CCN(C)C3(C2)OC(=O)C=CC(=O)O3)oc1C. The molecule has 1 fully saturated rings. The van der Waals surface area contributed by atoms with Gasteiger partial charge in [0.2, 0.25) is 0 Å². The Hall–Kier alpha value is -3.19. The maximum absolute atomic E-state index is 14.0. The predicted molar refractivity (Wildman–Crippen MR) is 107 cm³/mol. The zero-order valence-electron chi connectivity index (χ0n) is 17.0. The Kier molecular flexibility index (Phi) is 5.07. The molecular formula is C23H22FNO5. The number of esters is 2. The third-order valence-corrected chi connectivity index (χ3v) is 5.48. The number of piperidine rings is 1. The van der Waals surface area contributed by atoms with Crippen molar-refractivity contribution >= 4 is 18.0 Å². The lowest BCUT2D eigenvalue weighted by molar-refractivity contribution is -0.281. The van der Waals surface area contributed by atoms with E-state index in [1.165, 1.54) is 12.1 Å². The zero-order valence-corrected chi connectivity index (χ0v) is 17.0. The van der Waals surface area contributed by atoms with Crippen molar-refractivity contribution in [1.29, 1.82) is 0 Å². The maximum atomic E-state index is 14.0. The van der Waals surface area contributed by atoms with Crippen molar-refractivity contribution in [2.45, 2.75) is 32.6 Å². The Morgan fingerprint density at radius 2 is 1.80 bits per heavy atom. The van der Waals surface area contributed by atoms with Crippen LogP contribution in [0, 0.1) is 19.7 Å². The summed E-state index contributed by atoms with van der Waals surface area (Å²) < 4.78 is 30.8. The summed E-state index contributed by atoms with van der Waals surface area (Å²) in [6, 6.07) is 6.38. The Labute approximate surface area is 173 Å². The molecule has 0 amide bonds. The van der Waals surface area contributed by atoms with Crippen LogP contribution in [0.15, 0.2) is 46.4 Å². The van der Waals surface area contributed by atoms with Gasteiger partial charge >= 0.3 is 17.8 Å². The molecule has 0 unspecified atom stereocenters. The molecule has 4 rings (SSSR count). The summed E-state index contributed by atoms with van der Waals surface area (Å²) in [4.78, 5) is 25.7. The lowest BCUT2D eigenvalue weighted by atomic mass is 9.95. The van der Waals surface area contributed by atoms with Crippen LogP contribution < -0.4 is 0 Å². The van der Waals surface area contributed by atoms with Gasteiger partial charge in [0.05, 0.1) is 6.42 Å². The molecule has 1 saturated heterocycles. The number of benzene rings is 1. The fourth-order valence-corrected chi connectivity index (χ4v) is 3.68. The van der Waals surface area contributed by atoms with Crippen molar-refractivity contribution in [2.75, 3.05) is 13.6 Å². The average Bonchev–Trinajstić information content (AvgIpc) is 2.95. The van der Waals surface area contributed by atoms with Crippen molar-refractivity contribution in [3.8, 4) is 11.3 Å². The maximum Gasteiger partial charge on any atom is 0.335 e. The Morgan fingerprint density at radius 3 is 2.43 bits per heavy atom. The lowest BCUT2D eigenvalue weighted by Crippen LogP contribution is -2.55. The number of furan rings is 1. The minimum Gasteiger partial charge on any atom is -0.461 e. The predicted octanol–water partition coefficient (Wildman–Crippen LogP) is 4.12.